The van der Waals surface area contributed by atoms with E-state index in [1.54, 1.807) is 0 Å². The Morgan fingerprint density at radius 3 is 2.40 bits per heavy atom. The van der Waals surface area contributed by atoms with Crippen LogP contribution in [-0.2, 0) is 0 Å². The van der Waals surface area contributed by atoms with Gasteiger partial charge >= 0.3 is 0 Å². The molecule has 3 unspecified atom stereocenters. The van der Waals surface area contributed by atoms with Gasteiger partial charge in [0.1, 0.15) is 0 Å². The number of nitrogens with one attached hydrogen (secondary N) is 1. The van der Waals surface area contributed by atoms with Crippen LogP contribution in [-0.4, -0.2) is 36.6 Å². The van der Waals surface area contributed by atoms with Crippen molar-refractivity contribution in [2.75, 3.05) is 19.6 Å². The standard InChI is InChI=1S/C13H28N2/c1-6-11(4)7-14-13-9-15(10(2)3)8-12(13)5/h10-14H,6-9H2,1-5H3. The lowest BCUT2D eigenvalue weighted by Gasteiger charge is -2.21. The fourth-order valence-electron chi connectivity index (χ4n) is 2.19. The second-order valence-corrected chi connectivity index (χ2v) is 5.55. The summed E-state index contributed by atoms with van der Waals surface area (Å²) in [5, 5.41) is 3.73. The summed E-state index contributed by atoms with van der Waals surface area (Å²) >= 11 is 0. The van der Waals surface area contributed by atoms with Crippen LogP contribution in [0.3, 0.4) is 0 Å². The van der Waals surface area contributed by atoms with Gasteiger partial charge in [0.05, 0.1) is 0 Å². The lowest BCUT2D eigenvalue weighted by molar-refractivity contribution is 0.263. The van der Waals surface area contributed by atoms with E-state index in [-0.39, 0.29) is 0 Å². The zero-order chi connectivity index (χ0) is 11.4. The zero-order valence-electron chi connectivity index (χ0n) is 11.1. The van der Waals surface area contributed by atoms with Gasteiger partial charge in [0.2, 0.25) is 0 Å². The van der Waals surface area contributed by atoms with E-state index in [0.717, 1.165) is 11.8 Å². The number of rotatable bonds is 5. The maximum Gasteiger partial charge on any atom is 0.0233 e. The van der Waals surface area contributed by atoms with Gasteiger partial charge < -0.3 is 5.32 Å². The Bertz CT molecular complexity index is 179. The number of likely N-dealkylation sites (tertiary alicyclic amines) is 1. The van der Waals surface area contributed by atoms with E-state index in [2.05, 4.69) is 44.8 Å². The molecule has 90 valence electrons. The van der Waals surface area contributed by atoms with Crippen LogP contribution in [0.4, 0.5) is 0 Å². The van der Waals surface area contributed by atoms with Crippen molar-refractivity contribution in [1.29, 1.82) is 0 Å². The largest absolute Gasteiger partial charge is 0.312 e. The van der Waals surface area contributed by atoms with Crippen molar-refractivity contribution in [2.24, 2.45) is 11.8 Å². The molecule has 0 bridgehead atoms. The zero-order valence-corrected chi connectivity index (χ0v) is 11.1. The molecule has 1 rings (SSSR count). The van der Waals surface area contributed by atoms with Crippen molar-refractivity contribution in [3.05, 3.63) is 0 Å². The lowest BCUT2D eigenvalue weighted by Crippen LogP contribution is -2.38. The fourth-order valence-corrected chi connectivity index (χ4v) is 2.19. The summed E-state index contributed by atoms with van der Waals surface area (Å²) in [6.07, 6.45) is 1.28. The molecule has 1 heterocycles. The fraction of sp³-hybridized carbons (Fsp3) is 1.00. The minimum atomic E-state index is 0.697. The Labute approximate surface area is 95.4 Å². The molecule has 1 saturated heterocycles. The predicted molar refractivity (Wildman–Crippen MR) is 67.1 cm³/mol. The highest BCUT2D eigenvalue weighted by Gasteiger charge is 2.30. The van der Waals surface area contributed by atoms with Gasteiger partial charge in [-0.25, -0.2) is 0 Å². The number of nitrogens with zero attached hydrogens (tertiary/aromatic N) is 1. The maximum atomic E-state index is 3.73. The first-order chi connectivity index (χ1) is 7.04. The summed E-state index contributed by atoms with van der Waals surface area (Å²) in [7, 11) is 0. The normalized spacial score (nSPS) is 30.0. The van der Waals surface area contributed by atoms with Crippen LogP contribution in [0.15, 0.2) is 0 Å². The van der Waals surface area contributed by atoms with Gasteiger partial charge in [-0.1, -0.05) is 27.2 Å². The molecule has 0 radical (unpaired) electrons. The molecule has 0 aliphatic carbocycles. The topological polar surface area (TPSA) is 15.3 Å². The lowest BCUT2D eigenvalue weighted by atomic mass is 10.0. The predicted octanol–water partition coefficient (Wildman–Crippen LogP) is 2.35. The molecule has 1 N–H and O–H groups in total. The van der Waals surface area contributed by atoms with Gasteiger partial charge in [0.15, 0.2) is 0 Å². The Kier molecular flexibility index (Phi) is 5.07. The Morgan fingerprint density at radius 2 is 1.93 bits per heavy atom. The summed E-state index contributed by atoms with van der Waals surface area (Å²) in [5.41, 5.74) is 0. The van der Waals surface area contributed by atoms with Crippen LogP contribution in [0.25, 0.3) is 0 Å². The van der Waals surface area contributed by atoms with Crippen LogP contribution >= 0.6 is 0 Å². The maximum absolute atomic E-state index is 3.73. The molecule has 1 aliphatic rings. The summed E-state index contributed by atoms with van der Waals surface area (Å²) in [6.45, 7) is 15.2. The first-order valence-electron chi connectivity index (χ1n) is 6.52. The van der Waals surface area contributed by atoms with Crippen molar-refractivity contribution in [1.82, 2.24) is 10.2 Å². The van der Waals surface area contributed by atoms with Gasteiger partial charge in [-0.05, 0) is 32.2 Å². The Morgan fingerprint density at radius 1 is 1.27 bits per heavy atom. The van der Waals surface area contributed by atoms with Crippen LogP contribution in [0, 0.1) is 11.8 Å². The van der Waals surface area contributed by atoms with E-state index >= 15 is 0 Å². The molecule has 2 nitrogen and oxygen atoms in total. The van der Waals surface area contributed by atoms with Crippen LogP contribution < -0.4 is 5.32 Å². The molecule has 0 aromatic rings. The average molecular weight is 212 g/mol. The smallest absolute Gasteiger partial charge is 0.0233 e. The molecule has 0 aromatic heterocycles. The van der Waals surface area contributed by atoms with E-state index in [1.165, 1.54) is 26.1 Å². The molecule has 0 spiro atoms. The van der Waals surface area contributed by atoms with E-state index in [4.69, 9.17) is 0 Å². The molecular formula is C13H28N2. The highest BCUT2D eigenvalue weighted by molar-refractivity contribution is 4.88. The summed E-state index contributed by atoms with van der Waals surface area (Å²) in [5.74, 6) is 1.61. The molecule has 1 fully saturated rings. The van der Waals surface area contributed by atoms with E-state index in [1.807, 2.05) is 0 Å². The molecule has 15 heavy (non-hydrogen) atoms. The number of hydrogen-bond acceptors (Lipinski definition) is 2. The molecule has 0 saturated carbocycles. The van der Waals surface area contributed by atoms with Gasteiger partial charge in [0, 0.05) is 25.2 Å². The number of hydrogen-bond donors (Lipinski definition) is 1. The molecular weight excluding hydrogens is 184 g/mol. The quantitative estimate of drug-likeness (QED) is 0.752. The summed E-state index contributed by atoms with van der Waals surface area (Å²) < 4.78 is 0. The Balaban J connectivity index is 2.31. The highest BCUT2D eigenvalue weighted by atomic mass is 15.2. The minimum Gasteiger partial charge on any atom is -0.312 e. The first-order valence-corrected chi connectivity index (χ1v) is 6.52. The average Bonchev–Trinajstić information content (AvgIpc) is 2.56. The van der Waals surface area contributed by atoms with Crippen LogP contribution in [0.1, 0.15) is 41.0 Å². The highest BCUT2D eigenvalue weighted by Crippen LogP contribution is 2.18. The minimum absolute atomic E-state index is 0.697. The van der Waals surface area contributed by atoms with E-state index in [0.29, 0.717) is 12.1 Å². The van der Waals surface area contributed by atoms with E-state index in [9.17, 15) is 0 Å². The SMILES string of the molecule is CCC(C)CNC1CN(C(C)C)CC1C. The van der Waals surface area contributed by atoms with Crippen molar-refractivity contribution in [3.63, 3.8) is 0 Å². The van der Waals surface area contributed by atoms with Gasteiger partial charge in [-0.15, -0.1) is 0 Å². The third kappa shape index (κ3) is 3.76. The van der Waals surface area contributed by atoms with Crippen LogP contribution in [0.5, 0.6) is 0 Å². The van der Waals surface area contributed by atoms with Crippen molar-refractivity contribution < 1.29 is 0 Å². The molecule has 2 heteroatoms. The Hall–Kier alpha value is -0.0800. The van der Waals surface area contributed by atoms with Gasteiger partial charge in [0.25, 0.3) is 0 Å². The second-order valence-electron chi connectivity index (χ2n) is 5.55. The molecule has 0 aromatic carbocycles. The first kappa shape index (κ1) is 13.0. The van der Waals surface area contributed by atoms with Crippen molar-refractivity contribution in [2.45, 2.75) is 53.1 Å². The van der Waals surface area contributed by atoms with Crippen molar-refractivity contribution >= 4 is 0 Å². The van der Waals surface area contributed by atoms with E-state index < -0.39 is 0 Å². The monoisotopic (exact) mass is 212 g/mol. The third-order valence-corrected chi connectivity index (χ3v) is 3.80. The molecule has 0 amide bonds. The van der Waals surface area contributed by atoms with Crippen molar-refractivity contribution in [3.8, 4) is 0 Å². The van der Waals surface area contributed by atoms with Crippen LogP contribution in [0.2, 0.25) is 0 Å². The van der Waals surface area contributed by atoms with Gasteiger partial charge in [-0.3, -0.25) is 4.90 Å². The summed E-state index contributed by atoms with van der Waals surface area (Å²) in [4.78, 5) is 2.58. The summed E-state index contributed by atoms with van der Waals surface area (Å²) in [6, 6.07) is 1.41. The molecule has 1 aliphatic heterocycles. The van der Waals surface area contributed by atoms with Gasteiger partial charge in [-0.2, -0.15) is 0 Å². The second kappa shape index (κ2) is 5.86. The third-order valence-electron chi connectivity index (χ3n) is 3.80. The molecule has 3 atom stereocenters.